The summed E-state index contributed by atoms with van der Waals surface area (Å²) in [5.74, 6) is 0.0327. The Morgan fingerprint density at radius 3 is 2.78 bits per heavy atom. The molecular weight excluding hydrogens is 290 g/mol. The number of hydrogen-bond donors (Lipinski definition) is 1. The predicted octanol–water partition coefficient (Wildman–Crippen LogP) is 2.15. The van der Waals surface area contributed by atoms with Gasteiger partial charge in [0.2, 0.25) is 5.91 Å². The first-order valence-electron chi connectivity index (χ1n) is 8.12. The van der Waals surface area contributed by atoms with Crippen LogP contribution >= 0.6 is 0 Å². The zero-order valence-electron chi connectivity index (χ0n) is 14.3. The summed E-state index contributed by atoms with van der Waals surface area (Å²) in [6.45, 7) is 5.28. The Hall–Kier alpha value is -2.08. The summed E-state index contributed by atoms with van der Waals surface area (Å²) in [6, 6.07) is 4.54. The quantitative estimate of drug-likeness (QED) is 0.940. The number of rotatable bonds is 4. The molecule has 6 nitrogen and oxygen atoms in total. The number of nitrogens with zero attached hydrogens (tertiary/aromatic N) is 4. The lowest BCUT2D eigenvalue weighted by Gasteiger charge is -2.24. The highest BCUT2D eigenvalue weighted by Crippen LogP contribution is 2.31. The second-order valence-electron chi connectivity index (χ2n) is 6.39. The minimum Gasteiger partial charge on any atom is -0.353 e. The van der Waals surface area contributed by atoms with Gasteiger partial charge in [-0.2, -0.15) is 5.10 Å². The lowest BCUT2D eigenvalue weighted by molar-refractivity contribution is -0.117. The van der Waals surface area contributed by atoms with Crippen LogP contribution < -0.4 is 5.32 Å². The summed E-state index contributed by atoms with van der Waals surface area (Å²) >= 11 is 0. The van der Waals surface area contributed by atoms with Gasteiger partial charge in [0.1, 0.15) is 0 Å². The first-order valence-corrected chi connectivity index (χ1v) is 8.12. The number of carbonyl (C=O) groups excluding carboxylic acids is 1. The Morgan fingerprint density at radius 2 is 2.17 bits per heavy atom. The van der Waals surface area contributed by atoms with E-state index in [1.807, 2.05) is 20.9 Å². The number of anilines is 1. The SMILES string of the molecule is Cc1nn(C)c(C)c1NC(=O)CN1CCCC1c1cccn1C. The molecule has 1 fully saturated rings. The van der Waals surface area contributed by atoms with Crippen molar-refractivity contribution in [2.45, 2.75) is 32.7 Å². The third-order valence-corrected chi connectivity index (χ3v) is 4.81. The number of amides is 1. The van der Waals surface area contributed by atoms with Crippen molar-refractivity contribution in [1.29, 1.82) is 0 Å². The van der Waals surface area contributed by atoms with Gasteiger partial charge in [-0.15, -0.1) is 0 Å². The van der Waals surface area contributed by atoms with Crippen LogP contribution in [0.2, 0.25) is 0 Å². The minimum atomic E-state index is 0.0327. The van der Waals surface area contributed by atoms with Crippen LogP contribution in [0.3, 0.4) is 0 Å². The van der Waals surface area contributed by atoms with Crippen molar-refractivity contribution in [2.75, 3.05) is 18.4 Å². The molecule has 3 rings (SSSR count). The first kappa shape index (κ1) is 15.8. The fourth-order valence-corrected chi connectivity index (χ4v) is 3.49. The number of carbonyl (C=O) groups is 1. The number of aromatic nitrogens is 3. The Balaban J connectivity index is 1.69. The molecule has 2 aromatic rings. The molecule has 1 saturated heterocycles. The van der Waals surface area contributed by atoms with E-state index < -0.39 is 0 Å². The lowest BCUT2D eigenvalue weighted by Crippen LogP contribution is -2.33. The van der Waals surface area contributed by atoms with Crippen molar-refractivity contribution in [3.8, 4) is 0 Å². The van der Waals surface area contributed by atoms with Gasteiger partial charge in [-0.05, 0) is 45.4 Å². The average Bonchev–Trinajstić information content (AvgIpc) is 3.16. The Kier molecular flexibility index (Phi) is 4.26. The molecule has 1 unspecified atom stereocenters. The third kappa shape index (κ3) is 3.03. The van der Waals surface area contributed by atoms with Crippen LogP contribution in [0.15, 0.2) is 18.3 Å². The molecule has 1 N–H and O–H groups in total. The van der Waals surface area contributed by atoms with E-state index in [0.29, 0.717) is 12.6 Å². The van der Waals surface area contributed by atoms with Crippen LogP contribution in [0.1, 0.15) is 36.0 Å². The highest BCUT2D eigenvalue weighted by Gasteiger charge is 2.29. The van der Waals surface area contributed by atoms with Crippen LogP contribution in [-0.4, -0.2) is 38.2 Å². The second-order valence-corrected chi connectivity index (χ2v) is 6.39. The standard InChI is InChI=1S/C17H25N5O/c1-12-17(13(2)21(4)19-12)18-16(23)11-22-10-6-8-15(22)14-7-5-9-20(14)3/h5,7,9,15H,6,8,10-11H2,1-4H3,(H,18,23). The molecule has 124 valence electrons. The van der Waals surface area contributed by atoms with Gasteiger partial charge in [-0.3, -0.25) is 14.4 Å². The Morgan fingerprint density at radius 1 is 1.39 bits per heavy atom. The maximum absolute atomic E-state index is 12.5. The summed E-state index contributed by atoms with van der Waals surface area (Å²) in [6.07, 6.45) is 4.30. The van der Waals surface area contributed by atoms with Gasteiger partial charge in [0.25, 0.3) is 0 Å². The molecule has 2 aromatic heterocycles. The molecule has 1 amide bonds. The summed E-state index contributed by atoms with van der Waals surface area (Å²) in [7, 11) is 3.96. The van der Waals surface area contributed by atoms with Gasteiger partial charge in [0.15, 0.2) is 0 Å². The number of likely N-dealkylation sites (tertiary alicyclic amines) is 1. The first-order chi connectivity index (χ1) is 11.0. The number of hydrogen-bond acceptors (Lipinski definition) is 3. The van der Waals surface area contributed by atoms with E-state index in [1.165, 1.54) is 5.69 Å². The van der Waals surface area contributed by atoms with E-state index in [0.717, 1.165) is 36.5 Å². The topological polar surface area (TPSA) is 55.1 Å². The highest BCUT2D eigenvalue weighted by atomic mass is 16.2. The molecule has 0 spiro atoms. The molecule has 6 heteroatoms. The summed E-state index contributed by atoms with van der Waals surface area (Å²) < 4.78 is 3.95. The van der Waals surface area contributed by atoms with Crippen molar-refractivity contribution in [3.63, 3.8) is 0 Å². The zero-order valence-corrected chi connectivity index (χ0v) is 14.3. The molecule has 23 heavy (non-hydrogen) atoms. The van der Waals surface area contributed by atoms with Gasteiger partial charge in [0.05, 0.1) is 29.7 Å². The fraction of sp³-hybridized carbons (Fsp3) is 0.529. The molecule has 3 heterocycles. The third-order valence-electron chi connectivity index (χ3n) is 4.81. The molecule has 0 aliphatic carbocycles. The van der Waals surface area contributed by atoms with Crippen LogP contribution in [0.25, 0.3) is 0 Å². The molecule has 0 aromatic carbocycles. The summed E-state index contributed by atoms with van der Waals surface area (Å²) in [4.78, 5) is 14.8. The molecule has 1 atom stereocenters. The van der Waals surface area contributed by atoms with Crippen molar-refractivity contribution in [3.05, 3.63) is 35.4 Å². The maximum Gasteiger partial charge on any atom is 0.238 e. The molecular formula is C17H25N5O. The fourth-order valence-electron chi connectivity index (χ4n) is 3.49. The summed E-state index contributed by atoms with van der Waals surface area (Å²) in [5, 5.41) is 7.38. The number of nitrogens with one attached hydrogen (secondary N) is 1. The summed E-state index contributed by atoms with van der Waals surface area (Å²) in [5.41, 5.74) is 3.96. The smallest absolute Gasteiger partial charge is 0.238 e. The maximum atomic E-state index is 12.5. The van der Waals surface area contributed by atoms with Gasteiger partial charge in [0, 0.05) is 26.0 Å². The monoisotopic (exact) mass is 315 g/mol. The molecule has 1 aliphatic heterocycles. The Bertz CT molecular complexity index is 715. The van der Waals surface area contributed by atoms with Crippen molar-refractivity contribution >= 4 is 11.6 Å². The van der Waals surface area contributed by atoms with Crippen LogP contribution in [-0.2, 0) is 18.9 Å². The van der Waals surface area contributed by atoms with Crippen LogP contribution in [0.4, 0.5) is 5.69 Å². The van der Waals surface area contributed by atoms with E-state index in [9.17, 15) is 4.79 Å². The lowest BCUT2D eigenvalue weighted by atomic mass is 10.1. The van der Waals surface area contributed by atoms with Gasteiger partial charge < -0.3 is 9.88 Å². The van der Waals surface area contributed by atoms with E-state index in [2.05, 4.69) is 45.3 Å². The van der Waals surface area contributed by atoms with Gasteiger partial charge in [-0.1, -0.05) is 0 Å². The second kappa shape index (κ2) is 6.20. The van der Waals surface area contributed by atoms with Crippen molar-refractivity contribution in [1.82, 2.24) is 19.2 Å². The average molecular weight is 315 g/mol. The zero-order chi connectivity index (χ0) is 16.6. The van der Waals surface area contributed by atoms with E-state index in [-0.39, 0.29) is 5.91 Å². The van der Waals surface area contributed by atoms with Crippen molar-refractivity contribution < 1.29 is 4.79 Å². The van der Waals surface area contributed by atoms with Gasteiger partial charge in [-0.25, -0.2) is 0 Å². The molecule has 0 radical (unpaired) electrons. The Labute approximate surface area is 137 Å². The molecule has 1 aliphatic rings. The minimum absolute atomic E-state index is 0.0327. The molecule has 0 bridgehead atoms. The molecule has 0 saturated carbocycles. The van der Waals surface area contributed by atoms with E-state index in [4.69, 9.17) is 0 Å². The van der Waals surface area contributed by atoms with E-state index in [1.54, 1.807) is 4.68 Å². The van der Waals surface area contributed by atoms with Gasteiger partial charge >= 0.3 is 0 Å². The predicted molar refractivity (Wildman–Crippen MR) is 90.3 cm³/mol. The largest absolute Gasteiger partial charge is 0.353 e. The van der Waals surface area contributed by atoms with Crippen molar-refractivity contribution in [2.24, 2.45) is 14.1 Å². The van der Waals surface area contributed by atoms with E-state index >= 15 is 0 Å². The van der Waals surface area contributed by atoms with Crippen LogP contribution in [0.5, 0.6) is 0 Å². The van der Waals surface area contributed by atoms with Crippen LogP contribution in [0, 0.1) is 13.8 Å². The number of aryl methyl sites for hydroxylation is 3. The normalized spacial score (nSPS) is 18.5. The highest BCUT2D eigenvalue weighted by molar-refractivity contribution is 5.93.